The van der Waals surface area contributed by atoms with E-state index in [4.69, 9.17) is 15.2 Å². The van der Waals surface area contributed by atoms with E-state index < -0.39 is 5.92 Å². The summed E-state index contributed by atoms with van der Waals surface area (Å²) >= 11 is 0. The number of methoxy groups -OCH3 is 1. The fourth-order valence-corrected chi connectivity index (χ4v) is 2.69. The van der Waals surface area contributed by atoms with Crippen molar-refractivity contribution in [3.63, 3.8) is 0 Å². The zero-order valence-electron chi connectivity index (χ0n) is 16.1. The average Bonchev–Trinajstić information content (AvgIpc) is 2.71. The molecule has 0 spiro atoms. The monoisotopic (exact) mass is 406 g/mol. The first kappa shape index (κ1) is 23.5. The van der Waals surface area contributed by atoms with Crippen LogP contribution in [-0.4, -0.2) is 32.1 Å². The predicted molar refractivity (Wildman–Crippen MR) is 111 cm³/mol. The van der Waals surface area contributed by atoms with Crippen LogP contribution in [0, 0.1) is 5.92 Å². The fraction of sp³-hybridized carbons (Fsp3) is 0.333. The molecule has 0 aliphatic rings. The zero-order chi connectivity index (χ0) is 19.6. The van der Waals surface area contributed by atoms with E-state index in [-0.39, 0.29) is 30.8 Å². The molecule has 0 aliphatic heterocycles. The molecule has 0 aliphatic carbocycles. The minimum atomic E-state index is -0.472. The molecule has 1 unspecified atom stereocenters. The summed E-state index contributed by atoms with van der Waals surface area (Å²) in [7, 11) is 1.35. The molecular formula is C21H27ClN2O4. The van der Waals surface area contributed by atoms with Crippen LogP contribution in [0.5, 0.6) is 5.75 Å². The highest BCUT2D eigenvalue weighted by Crippen LogP contribution is 2.16. The fourth-order valence-electron chi connectivity index (χ4n) is 2.69. The molecule has 0 saturated carbocycles. The summed E-state index contributed by atoms with van der Waals surface area (Å²) in [5.41, 5.74) is 8.01. The van der Waals surface area contributed by atoms with Crippen molar-refractivity contribution in [2.75, 3.05) is 20.3 Å². The molecule has 0 aromatic heterocycles. The molecule has 1 atom stereocenters. The highest BCUT2D eigenvalue weighted by Gasteiger charge is 2.21. The first-order valence-corrected chi connectivity index (χ1v) is 8.94. The summed E-state index contributed by atoms with van der Waals surface area (Å²) < 4.78 is 10.3. The Bertz CT molecular complexity index is 748. The first-order chi connectivity index (χ1) is 13.1. The molecule has 28 heavy (non-hydrogen) atoms. The van der Waals surface area contributed by atoms with Gasteiger partial charge in [0.1, 0.15) is 5.75 Å². The van der Waals surface area contributed by atoms with Gasteiger partial charge < -0.3 is 20.5 Å². The molecule has 152 valence electrons. The Morgan fingerprint density at radius 2 is 1.64 bits per heavy atom. The number of carbonyl (C=O) groups excluding carboxylic acids is 2. The average molecular weight is 407 g/mol. The third-order valence-electron chi connectivity index (χ3n) is 4.21. The van der Waals surface area contributed by atoms with Crippen molar-refractivity contribution in [3.8, 4) is 5.75 Å². The summed E-state index contributed by atoms with van der Waals surface area (Å²) in [6.07, 6.45) is 0.464. The van der Waals surface area contributed by atoms with Gasteiger partial charge in [0.05, 0.1) is 19.6 Å². The normalized spacial score (nSPS) is 11.1. The van der Waals surface area contributed by atoms with E-state index in [0.29, 0.717) is 25.1 Å². The molecule has 2 aromatic carbocycles. The van der Waals surface area contributed by atoms with Crippen LogP contribution in [0.4, 0.5) is 0 Å². The molecule has 0 bridgehead atoms. The summed E-state index contributed by atoms with van der Waals surface area (Å²) in [5.74, 6) is -0.285. The Kier molecular flexibility index (Phi) is 10.1. The van der Waals surface area contributed by atoms with E-state index in [2.05, 4.69) is 5.32 Å². The smallest absolute Gasteiger partial charge is 0.310 e. The summed E-state index contributed by atoms with van der Waals surface area (Å²) in [6, 6.07) is 14.6. The Balaban J connectivity index is 0.00000392. The summed E-state index contributed by atoms with van der Waals surface area (Å²) in [4.78, 5) is 24.4. The molecule has 0 radical (unpaired) electrons. The number of esters is 1. The van der Waals surface area contributed by atoms with Gasteiger partial charge in [-0.2, -0.15) is 0 Å². The quantitative estimate of drug-likeness (QED) is 0.625. The summed E-state index contributed by atoms with van der Waals surface area (Å²) in [6.45, 7) is 3.14. The SMILES string of the molecule is CCOc1ccc(CC(CNC(=O)c2ccc(CN)cc2)C(=O)OC)cc1.Cl. The highest BCUT2D eigenvalue weighted by atomic mass is 35.5. The van der Waals surface area contributed by atoms with Gasteiger partial charge in [-0.1, -0.05) is 24.3 Å². The van der Waals surface area contributed by atoms with Crippen molar-refractivity contribution >= 4 is 24.3 Å². The molecule has 1 amide bonds. The van der Waals surface area contributed by atoms with E-state index in [9.17, 15) is 9.59 Å². The van der Waals surface area contributed by atoms with Gasteiger partial charge in [0, 0.05) is 18.7 Å². The molecule has 0 heterocycles. The Morgan fingerprint density at radius 3 is 2.18 bits per heavy atom. The maximum atomic E-state index is 12.3. The van der Waals surface area contributed by atoms with E-state index in [0.717, 1.165) is 16.9 Å². The second kappa shape index (κ2) is 12.0. The number of hydrogen-bond acceptors (Lipinski definition) is 5. The minimum absolute atomic E-state index is 0. The number of halogens is 1. The standard InChI is InChI=1S/C21H26N2O4.ClH/c1-3-27-19-10-6-15(7-11-19)12-18(21(25)26-2)14-23-20(24)17-8-4-16(13-22)5-9-17;/h4-11,18H,3,12-14,22H2,1-2H3,(H,23,24);1H. The Labute approximate surface area is 171 Å². The predicted octanol–water partition coefficient (Wildman–Crippen LogP) is 2.73. The van der Waals surface area contributed by atoms with Gasteiger partial charge in [0.25, 0.3) is 5.91 Å². The van der Waals surface area contributed by atoms with Crippen LogP contribution in [0.3, 0.4) is 0 Å². The van der Waals surface area contributed by atoms with Crippen LogP contribution < -0.4 is 15.8 Å². The molecule has 2 rings (SSSR count). The van der Waals surface area contributed by atoms with Crippen molar-refractivity contribution in [1.29, 1.82) is 0 Å². The molecule has 0 fully saturated rings. The zero-order valence-corrected chi connectivity index (χ0v) is 17.0. The summed E-state index contributed by atoms with van der Waals surface area (Å²) in [5, 5.41) is 2.81. The largest absolute Gasteiger partial charge is 0.494 e. The van der Waals surface area contributed by atoms with Gasteiger partial charge in [-0.3, -0.25) is 9.59 Å². The number of amides is 1. The Hall–Kier alpha value is -2.57. The second-order valence-corrected chi connectivity index (χ2v) is 6.11. The van der Waals surface area contributed by atoms with Crippen LogP contribution in [-0.2, 0) is 22.5 Å². The number of nitrogens with one attached hydrogen (secondary N) is 1. The maximum Gasteiger partial charge on any atom is 0.310 e. The van der Waals surface area contributed by atoms with Crippen molar-refractivity contribution in [2.45, 2.75) is 19.9 Å². The van der Waals surface area contributed by atoms with Crippen LogP contribution in [0.15, 0.2) is 48.5 Å². The molecule has 0 saturated heterocycles. The Morgan fingerprint density at radius 1 is 1.04 bits per heavy atom. The van der Waals surface area contributed by atoms with Crippen LogP contribution >= 0.6 is 12.4 Å². The lowest BCUT2D eigenvalue weighted by Gasteiger charge is -2.16. The number of ether oxygens (including phenoxy) is 2. The number of rotatable bonds is 9. The molecule has 3 N–H and O–H groups in total. The first-order valence-electron chi connectivity index (χ1n) is 8.94. The van der Waals surface area contributed by atoms with E-state index >= 15 is 0 Å². The second-order valence-electron chi connectivity index (χ2n) is 6.11. The molecular weight excluding hydrogens is 380 g/mol. The third-order valence-corrected chi connectivity index (χ3v) is 4.21. The van der Waals surface area contributed by atoms with Gasteiger partial charge in [0.2, 0.25) is 0 Å². The number of carbonyl (C=O) groups is 2. The number of hydrogen-bond donors (Lipinski definition) is 2. The molecule has 7 heteroatoms. The topological polar surface area (TPSA) is 90.6 Å². The van der Waals surface area contributed by atoms with Crippen LogP contribution in [0.1, 0.15) is 28.4 Å². The molecule has 6 nitrogen and oxygen atoms in total. The van der Waals surface area contributed by atoms with E-state index in [1.54, 1.807) is 12.1 Å². The lowest BCUT2D eigenvalue weighted by molar-refractivity contribution is -0.145. The van der Waals surface area contributed by atoms with E-state index in [1.807, 2.05) is 43.3 Å². The van der Waals surface area contributed by atoms with Crippen molar-refractivity contribution in [1.82, 2.24) is 5.32 Å². The van der Waals surface area contributed by atoms with Crippen LogP contribution in [0.2, 0.25) is 0 Å². The molecule has 2 aromatic rings. The maximum absolute atomic E-state index is 12.3. The van der Waals surface area contributed by atoms with Gasteiger partial charge in [-0.05, 0) is 48.7 Å². The van der Waals surface area contributed by atoms with Crippen molar-refractivity contribution in [2.24, 2.45) is 11.7 Å². The van der Waals surface area contributed by atoms with Crippen molar-refractivity contribution in [3.05, 3.63) is 65.2 Å². The highest BCUT2D eigenvalue weighted by molar-refractivity contribution is 5.94. The number of nitrogens with two attached hydrogens (primary N) is 1. The lowest BCUT2D eigenvalue weighted by atomic mass is 9.99. The van der Waals surface area contributed by atoms with Crippen LogP contribution in [0.25, 0.3) is 0 Å². The van der Waals surface area contributed by atoms with E-state index in [1.165, 1.54) is 7.11 Å². The van der Waals surface area contributed by atoms with Crippen molar-refractivity contribution < 1.29 is 19.1 Å². The number of benzene rings is 2. The minimum Gasteiger partial charge on any atom is -0.494 e. The van der Waals surface area contributed by atoms with Gasteiger partial charge in [-0.25, -0.2) is 0 Å². The third kappa shape index (κ3) is 6.87. The van der Waals surface area contributed by atoms with Gasteiger partial charge >= 0.3 is 5.97 Å². The van der Waals surface area contributed by atoms with Gasteiger partial charge in [0.15, 0.2) is 0 Å². The van der Waals surface area contributed by atoms with Gasteiger partial charge in [-0.15, -0.1) is 12.4 Å². The lowest BCUT2D eigenvalue weighted by Crippen LogP contribution is -2.34.